The topological polar surface area (TPSA) is 65.2 Å². The molecule has 4 bridgehead atoms. The van der Waals surface area contributed by atoms with Crippen LogP contribution in [-0.4, -0.2) is 46.9 Å². The van der Waals surface area contributed by atoms with Crippen molar-refractivity contribution in [2.45, 2.75) is 38.6 Å². The first-order valence-electron chi connectivity index (χ1n) is 11.0. The minimum absolute atomic E-state index is 0.212. The van der Waals surface area contributed by atoms with E-state index in [2.05, 4.69) is 15.2 Å². The number of nitrogens with one attached hydrogen (secondary N) is 2. The van der Waals surface area contributed by atoms with Crippen molar-refractivity contribution in [3.8, 4) is 0 Å². The molecule has 2 heterocycles. The third-order valence-corrected chi connectivity index (χ3v) is 8.57. The number of pyridine rings is 1. The average Bonchev–Trinajstić information content (AvgIpc) is 2.67. The maximum atomic E-state index is 12.7. The van der Waals surface area contributed by atoms with Crippen LogP contribution in [0, 0.1) is 29.6 Å². The van der Waals surface area contributed by atoms with Crippen molar-refractivity contribution < 1.29 is 4.79 Å². The molecule has 5 nitrogen and oxygen atoms in total. The van der Waals surface area contributed by atoms with Crippen LogP contribution in [0.2, 0.25) is 0 Å². The quantitative estimate of drug-likeness (QED) is 0.796. The van der Waals surface area contributed by atoms with E-state index in [1.54, 1.807) is 6.07 Å². The molecule has 152 valence electrons. The standard InChI is InChI=1S/C22H31N3O2S/c26-21(23-12-20-16-8-14-7-15(10-16)11-17(20)9-14)19-2-1-18(24-22(19)27)13-25-3-5-28-6-4-25/h1-2,14-17,20H,3-13H2,(H,23,26)(H,24,27). The van der Waals surface area contributed by atoms with E-state index in [1.165, 1.54) is 32.1 Å². The predicted molar refractivity (Wildman–Crippen MR) is 113 cm³/mol. The van der Waals surface area contributed by atoms with Crippen LogP contribution >= 0.6 is 11.8 Å². The molecule has 1 aromatic rings. The highest BCUT2D eigenvalue weighted by Crippen LogP contribution is 2.56. The molecule has 0 unspecified atom stereocenters. The molecule has 0 spiro atoms. The summed E-state index contributed by atoms with van der Waals surface area (Å²) in [5.41, 5.74) is 0.891. The second kappa shape index (κ2) is 7.86. The largest absolute Gasteiger partial charge is 0.352 e. The summed E-state index contributed by atoms with van der Waals surface area (Å²) in [5.74, 6) is 6.18. The molecule has 1 aliphatic heterocycles. The molecular weight excluding hydrogens is 370 g/mol. The van der Waals surface area contributed by atoms with Gasteiger partial charge in [-0.1, -0.05) is 0 Å². The SMILES string of the molecule is O=C(NCC1C2CC3CC(C2)CC1C3)c1ccc(CN2CCSCC2)[nH]c1=O. The van der Waals surface area contributed by atoms with Gasteiger partial charge in [0.05, 0.1) is 0 Å². The Balaban J connectivity index is 1.19. The van der Waals surface area contributed by atoms with Gasteiger partial charge in [0.1, 0.15) is 5.56 Å². The fourth-order valence-corrected chi connectivity index (χ4v) is 7.44. The first-order valence-corrected chi connectivity index (χ1v) is 12.1. The third kappa shape index (κ3) is 3.78. The van der Waals surface area contributed by atoms with E-state index < -0.39 is 0 Å². The van der Waals surface area contributed by atoms with Crippen molar-refractivity contribution >= 4 is 17.7 Å². The number of hydrogen-bond acceptors (Lipinski definition) is 4. The van der Waals surface area contributed by atoms with Crippen molar-refractivity contribution in [2.24, 2.45) is 29.6 Å². The number of carbonyl (C=O) groups is 1. The normalized spacial score (nSPS) is 34.5. The Morgan fingerprint density at radius 3 is 2.39 bits per heavy atom. The molecule has 0 aromatic carbocycles. The number of nitrogens with zero attached hydrogens (tertiary/aromatic N) is 1. The van der Waals surface area contributed by atoms with E-state index in [-0.39, 0.29) is 17.0 Å². The second-order valence-electron chi connectivity index (χ2n) is 9.42. The zero-order valence-corrected chi connectivity index (χ0v) is 17.3. The molecule has 4 aliphatic carbocycles. The van der Waals surface area contributed by atoms with Crippen molar-refractivity contribution in [1.82, 2.24) is 15.2 Å². The van der Waals surface area contributed by atoms with Gasteiger partial charge in [-0.3, -0.25) is 14.5 Å². The fraction of sp³-hybridized carbons (Fsp3) is 0.727. The molecule has 2 N–H and O–H groups in total. The number of amides is 1. The van der Waals surface area contributed by atoms with Crippen LogP contribution in [0.1, 0.15) is 48.2 Å². The minimum atomic E-state index is -0.258. The van der Waals surface area contributed by atoms with Gasteiger partial charge in [-0.05, 0) is 73.8 Å². The Bertz CT molecular complexity index is 758. The Labute approximate surface area is 171 Å². The third-order valence-electron chi connectivity index (χ3n) is 7.63. The number of rotatable bonds is 5. The summed E-state index contributed by atoms with van der Waals surface area (Å²) in [5, 5.41) is 3.10. The van der Waals surface area contributed by atoms with Gasteiger partial charge >= 0.3 is 0 Å². The highest BCUT2D eigenvalue weighted by Gasteiger charge is 2.47. The van der Waals surface area contributed by atoms with Gasteiger partial charge in [0.25, 0.3) is 11.5 Å². The van der Waals surface area contributed by atoms with Crippen molar-refractivity contribution in [1.29, 1.82) is 0 Å². The van der Waals surface area contributed by atoms with Gasteiger partial charge in [0.2, 0.25) is 0 Å². The van der Waals surface area contributed by atoms with Crippen molar-refractivity contribution in [3.63, 3.8) is 0 Å². The average molecular weight is 402 g/mol. The summed E-state index contributed by atoms with van der Waals surface area (Å²) in [6.45, 7) is 3.60. The Morgan fingerprint density at radius 2 is 1.75 bits per heavy atom. The number of aromatic amines is 1. The van der Waals surface area contributed by atoms with E-state index in [9.17, 15) is 9.59 Å². The minimum Gasteiger partial charge on any atom is -0.352 e. The van der Waals surface area contributed by atoms with Crippen molar-refractivity contribution in [2.75, 3.05) is 31.1 Å². The van der Waals surface area contributed by atoms with Crippen LogP contribution in [0.4, 0.5) is 0 Å². The van der Waals surface area contributed by atoms with Gasteiger partial charge in [-0.2, -0.15) is 11.8 Å². The molecule has 6 heteroatoms. The zero-order valence-electron chi connectivity index (χ0n) is 16.5. The summed E-state index contributed by atoms with van der Waals surface area (Å²) in [7, 11) is 0. The van der Waals surface area contributed by atoms with Crippen LogP contribution in [0.5, 0.6) is 0 Å². The maximum absolute atomic E-state index is 12.7. The van der Waals surface area contributed by atoms with Crippen LogP contribution < -0.4 is 10.9 Å². The van der Waals surface area contributed by atoms with Gasteiger partial charge < -0.3 is 10.3 Å². The summed E-state index contributed by atoms with van der Waals surface area (Å²) in [4.78, 5) is 30.4. The van der Waals surface area contributed by atoms with E-state index >= 15 is 0 Å². The van der Waals surface area contributed by atoms with Gasteiger partial charge in [-0.15, -0.1) is 0 Å². The van der Waals surface area contributed by atoms with Gasteiger partial charge in [0.15, 0.2) is 0 Å². The van der Waals surface area contributed by atoms with E-state index in [0.717, 1.165) is 67.1 Å². The highest BCUT2D eigenvalue weighted by molar-refractivity contribution is 7.99. The van der Waals surface area contributed by atoms with Gasteiger partial charge in [-0.25, -0.2) is 0 Å². The van der Waals surface area contributed by atoms with E-state index in [0.29, 0.717) is 5.92 Å². The smallest absolute Gasteiger partial charge is 0.261 e. The molecular formula is C22H31N3O2S. The number of hydrogen-bond donors (Lipinski definition) is 2. The van der Waals surface area contributed by atoms with Crippen molar-refractivity contribution in [3.05, 3.63) is 33.7 Å². The fourth-order valence-electron chi connectivity index (χ4n) is 6.46. The first-order chi connectivity index (χ1) is 13.7. The predicted octanol–water partition coefficient (Wildman–Crippen LogP) is 2.73. The molecule has 5 aliphatic rings. The zero-order chi connectivity index (χ0) is 19.1. The molecule has 0 atom stereocenters. The van der Waals surface area contributed by atoms with E-state index in [1.807, 2.05) is 17.8 Å². The van der Waals surface area contributed by atoms with Crippen LogP contribution in [0.25, 0.3) is 0 Å². The molecule has 6 rings (SSSR count). The molecule has 1 amide bonds. The Hall–Kier alpha value is -1.27. The Morgan fingerprint density at radius 1 is 1.07 bits per heavy atom. The number of H-pyrrole nitrogens is 1. The number of thioether (sulfide) groups is 1. The molecule has 0 radical (unpaired) electrons. The highest BCUT2D eigenvalue weighted by atomic mass is 32.2. The summed E-state index contributed by atoms with van der Waals surface area (Å²) in [6.07, 6.45) is 6.88. The number of aromatic nitrogens is 1. The lowest BCUT2D eigenvalue weighted by Gasteiger charge is -2.54. The maximum Gasteiger partial charge on any atom is 0.261 e. The summed E-state index contributed by atoms with van der Waals surface area (Å²) in [6, 6.07) is 3.61. The van der Waals surface area contributed by atoms with E-state index in [4.69, 9.17) is 0 Å². The summed E-state index contributed by atoms with van der Waals surface area (Å²) >= 11 is 1.98. The van der Waals surface area contributed by atoms with Gasteiger partial charge in [0, 0.05) is 43.4 Å². The molecule has 5 fully saturated rings. The molecule has 1 aromatic heterocycles. The van der Waals surface area contributed by atoms with Crippen LogP contribution in [0.15, 0.2) is 16.9 Å². The monoisotopic (exact) mass is 401 g/mol. The second-order valence-corrected chi connectivity index (χ2v) is 10.6. The Kier molecular flexibility index (Phi) is 5.26. The molecule has 28 heavy (non-hydrogen) atoms. The first kappa shape index (κ1) is 18.7. The lowest BCUT2D eigenvalue weighted by Crippen LogP contribution is -2.49. The lowest BCUT2D eigenvalue weighted by molar-refractivity contribution is -0.0347. The van der Waals surface area contributed by atoms with Crippen LogP contribution in [0.3, 0.4) is 0 Å². The lowest BCUT2D eigenvalue weighted by atomic mass is 9.52. The molecule has 1 saturated heterocycles. The number of carbonyl (C=O) groups excluding carboxylic acids is 1. The summed E-state index contributed by atoms with van der Waals surface area (Å²) < 4.78 is 0. The van der Waals surface area contributed by atoms with Crippen LogP contribution in [-0.2, 0) is 6.54 Å². The molecule has 4 saturated carbocycles.